The van der Waals surface area contributed by atoms with Gasteiger partial charge in [-0.15, -0.1) is 0 Å². The Morgan fingerprint density at radius 3 is 2.96 bits per heavy atom. The molecule has 1 aliphatic heterocycles. The van der Waals surface area contributed by atoms with E-state index >= 15 is 0 Å². The van der Waals surface area contributed by atoms with Gasteiger partial charge in [0.25, 0.3) is 0 Å². The van der Waals surface area contributed by atoms with Crippen LogP contribution < -0.4 is 5.32 Å². The molecule has 0 bridgehead atoms. The molecule has 2 aromatic rings. The summed E-state index contributed by atoms with van der Waals surface area (Å²) < 4.78 is 10.9. The van der Waals surface area contributed by atoms with Crippen LogP contribution in [0.1, 0.15) is 31.1 Å². The van der Waals surface area contributed by atoms with Crippen molar-refractivity contribution in [3.8, 4) is 11.3 Å². The largest absolute Gasteiger partial charge is 0.466 e. The number of nitrogens with one attached hydrogen (secondary N) is 1. The van der Waals surface area contributed by atoms with E-state index in [4.69, 9.17) is 9.26 Å². The molecule has 0 aliphatic carbocycles. The number of piperidine rings is 1. The molecule has 1 aliphatic rings. The minimum atomic E-state index is -0.559. The molecule has 1 fully saturated rings. The lowest BCUT2D eigenvalue weighted by molar-refractivity contribution is -0.156. The quantitative estimate of drug-likeness (QED) is 0.854. The number of carbonyl (C=O) groups is 1. The molecule has 1 aromatic heterocycles. The first kappa shape index (κ1) is 16.7. The maximum Gasteiger partial charge on any atom is 0.313 e. The second-order valence-electron chi connectivity index (χ2n) is 6.45. The molecule has 1 atom stereocenters. The maximum atomic E-state index is 12.5. The van der Waals surface area contributed by atoms with Gasteiger partial charge in [0, 0.05) is 24.6 Å². The Labute approximate surface area is 142 Å². The third-order valence-electron chi connectivity index (χ3n) is 4.67. The third-order valence-corrected chi connectivity index (χ3v) is 4.67. The fourth-order valence-corrected chi connectivity index (χ4v) is 3.37. The van der Waals surface area contributed by atoms with Crippen LogP contribution in [0.3, 0.4) is 0 Å². The third kappa shape index (κ3) is 3.36. The number of hydrogen-bond donors (Lipinski definition) is 1. The highest BCUT2D eigenvalue weighted by Gasteiger charge is 2.42. The van der Waals surface area contributed by atoms with Crippen molar-refractivity contribution < 1.29 is 14.1 Å². The zero-order valence-electron chi connectivity index (χ0n) is 14.3. The summed E-state index contributed by atoms with van der Waals surface area (Å²) in [5.74, 6) is 0.580. The second kappa shape index (κ2) is 7.18. The van der Waals surface area contributed by atoms with Gasteiger partial charge in [-0.05, 0) is 38.8 Å². The van der Waals surface area contributed by atoms with Crippen molar-refractivity contribution in [2.24, 2.45) is 5.41 Å². The topological polar surface area (TPSA) is 64.4 Å². The number of nitrogens with zero attached hydrogens (tertiary/aromatic N) is 1. The fraction of sp³-hybridized carbons (Fsp3) is 0.474. The molecular weight excluding hydrogens is 304 g/mol. The number of ether oxygens (including phenoxy) is 1. The molecule has 0 radical (unpaired) electrons. The molecule has 0 unspecified atom stereocenters. The van der Waals surface area contributed by atoms with E-state index in [1.54, 1.807) is 0 Å². The summed E-state index contributed by atoms with van der Waals surface area (Å²) in [6, 6.07) is 10.0. The predicted molar refractivity (Wildman–Crippen MR) is 91.5 cm³/mol. The van der Waals surface area contributed by atoms with Crippen LogP contribution in [0.25, 0.3) is 11.3 Å². The summed E-state index contributed by atoms with van der Waals surface area (Å²) in [7, 11) is 0. The highest BCUT2D eigenvalue weighted by molar-refractivity contribution is 5.77. The molecule has 0 spiro atoms. The van der Waals surface area contributed by atoms with Gasteiger partial charge in [0.1, 0.15) is 11.5 Å². The Morgan fingerprint density at radius 1 is 1.42 bits per heavy atom. The molecule has 24 heavy (non-hydrogen) atoms. The predicted octanol–water partition coefficient (Wildman–Crippen LogP) is 3.13. The van der Waals surface area contributed by atoms with Crippen LogP contribution in [-0.4, -0.2) is 30.8 Å². The van der Waals surface area contributed by atoms with Gasteiger partial charge < -0.3 is 14.6 Å². The van der Waals surface area contributed by atoms with Gasteiger partial charge in [-0.1, -0.05) is 29.4 Å². The highest BCUT2D eigenvalue weighted by atomic mass is 16.5. The van der Waals surface area contributed by atoms with Gasteiger partial charge in [0.2, 0.25) is 0 Å². The summed E-state index contributed by atoms with van der Waals surface area (Å²) in [5.41, 5.74) is 2.46. The molecular formula is C19H24N2O3. The van der Waals surface area contributed by atoms with E-state index in [-0.39, 0.29) is 5.97 Å². The normalized spacial score (nSPS) is 20.8. The lowest BCUT2D eigenvalue weighted by atomic mass is 9.77. The lowest BCUT2D eigenvalue weighted by Crippen LogP contribution is -2.47. The highest BCUT2D eigenvalue weighted by Crippen LogP contribution is 2.33. The average molecular weight is 328 g/mol. The molecule has 1 aromatic carbocycles. The summed E-state index contributed by atoms with van der Waals surface area (Å²) in [4.78, 5) is 12.5. The van der Waals surface area contributed by atoms with Crippen molar-refractivity contribution in [1.29, 1.82) is 0 Å². The van der Waals surface area contributed by atoms with E-state index in [9.17, 15) is 4.79 Å². The van der Waals surface area contributed by atoms with Crippen molar-refractivity contribution in [1.82, 2.24) is 10.5 Å². The number of esters is 1. The van der Waals surface area contributed by atoms with E-state index in [0.29, 0.717) is 19.6 Å². The molecule has 5 nitrogen and oxygen atoms in total. The standard InChI is InChI=1S/C19H24N2O3/c1-3-23-18(22)19(9-6-10-20-13-19)12-15-11-17(21-24-15)16-8-5-4-7-14(16)2/h4-5,7-8,11,20H,3,6,9-10,12-13H2,1-2H3/t19-/m1/s1. The van der Waals surface area contributed by atoms with E-state index in [0.717, 1.165) is 42.0 Å². The van der Waals surface area contributed by atoms with Crippen molar-refractivity contribution >= 4 is 5.97 Å². The SMILES string of the molecule is CCOC(=O)[C@@]1(Cc2cc(-c3ccccc3C)no2)CCCNC1. The smallest absolute Gasteiger partial charge is 0.313 e. The molecule has 5 heteroatoms. The van der Waals surface area contributed by atoms with Crippen molar-refractivity contribution in [2.45, 2.75) is 33.1 Å². The van der Waals surface area contributed by atoms with Crippen LogP contribution in [0.5, 0.6) is 0 Å². The maximum absolute atomic E-state index is 12.5. The molecule has 2 heterocycles. The van der Waals surface area contributed by atoms with Crippen LogP contribution in [0.4, 0.5) is 0 Å². The van der Waals surface area contributed by atoms with Gasteiger partial charge >= 0.3 is 5.97 Å². The first-order chi connectivity index (χ1) is 11.6. The molecule has 128 valence electrons. The van der Waals surface area contributed by atoms with Gasteiger partial charge in [0.05, 0.1) is 12.0 Å². The molecule has 0 amide bonds. The first-order valence-electron chi connectivity index (χ1n) is 8.54. The Hall–Kier alpha value is -2.14. The minimum absolute atomic E-state index is 0.147. The number of aromatic nitrogens is 1. The summed E-state index contributed by atoms with van der Waals surface area (Å²) >= 11 is 0. The number of carbonyl (C=O) groups excluding carboxylic acids is 1. The van der Waals surface area contributed by atoms with Crippen LogP contribution >= 0.6 is 0 Å². The van der Waals surface area contributed by atoms with Gasteiger partial charge in [-0.3, -0.25) is 4.79 Å². The monoisotopic (exact) mass is 328 g/mol. The van der Waals surface area contributed by atoms with Gasteiger partial charge in [0.15, 0.2) is 0 Å². The van der Waals surface area contributed by atoms with Crippen molar-refractivity contribution in [2.75, 3.05) is 19.7 Å². The zero-order valence-corrected chi connectivity index (χ0v) is 14.3. The first-order valence-corrected chi connectivity index (χ1v) is 8.54. The van der Waals surface area contributed by atoms with Gasteiger partial charge in [-0.25, -0.2) is 0 Å². The number of hydrogen-bond acceptors (Lipinski definition) is 5. The van der Waals surface area contributed by atoms with Gasteiger partial charge in [-0.2, -0.15) is 0 Å². The average Bonchev–Trinajstić information content (AvgIpc) is 3.04. The fourth-order valence-electron chi connectivity index (χ4n) is 3.37. The summed E-state index contributed by atoms with van der Waals surface area (Å²) in [6.07, 6.45) is 2.27. The van der Waals surface area contributed by atoms with Crippen LogP contribution in [-0.2, 0) is 16.0 Å². The Balaban J connectivity index is 1.83. The van der Waals surface area contributed by atoms with E-state index in [1.165, 1.54) is 0 Å². The molecule has 0 saturated carbocycles. The Morgan fingerprint density at radius 2 is 2.25 bits per heavy atom. The van der Waals surface area contributed by atoms with Crippen molar-refractivity contribution in [3.05, 3.63) is 41.7 Å². The zero-order chi connectivity index (χ0) is 17.0. The minimum Gasteiger partial charge on any atom is -0.466 e. The van der Waals surface area contributed by atoms with Crippen LogP contribution in [0, 0.1) is 12.3 Å². The molecule has 3 rings (SSSR count). The van der Waals surface area contributed by atoms with Crippen LogP contribution in [0.15, 0.2) is 34.9 Å². The second-order valence-corrected chi connectivity index (χ2v) is 6.45. The molecule has 1 saturated heterocycles. The number of aryl methyl sites for hydroxylation is 1. The summed E-state index contributed by atoms with van der Waals surface area (Å²) in [5, 5.41) is 7.52. The van der Waals surface area contributed by atoms with E-state index < -0.39 is 5.41 Å². The van der Waals surface area contributed by atoms with Crippen molar-refractivity contribution in [3.63, 3.8) is 0 Å². The summed E-state index contributed by atoms with van der Waals surface area (Å²) in [6.45, 7) is 5.84. The number of benzene rings is 1. The number of rotatable bonds is 5. The van der Waals surface area contributed by atoms with Crippen LogP contribution in [0.2, 0.25) is 0 Å². The Bertz CT molecular complexity index is 702. The lowest BCUT2D eigenvalue weighted by Gasteiger charge is -2.34. The molecule has 1 N–H and O–H groups in total. The van der Waals surface area contributed by atoms with E-state index in [2.05, 4.69) is 23.5 Å². The Kier molecular flexibility index (Phi) is 5.00. The van der Waals surface area contributed by atoms with E-state index in [1.807, 2.05) is 31.2 Å².